The summed E-state index contributed by atoms with van der Waals surface area (Å²) in [5.41, 5.74) is 7.25. The molecule has 1 aliphatic rings. The molecule has 0 radical (unpaired) electrons. The fraction of sp³-hybridized carbons (Fsp3) is 0.667. The summed E-state index contributed by atoms with van der Waals surface area (Å²) in [5, 5.41) is 0. The molecule has 1 aromatic heterocycles. The van der Waals surface area contributed by atoms with Gasteiger partial charge in [0.15, 0.2) is 0 Å². The van der Waals surface area contributed by atoms with Gasteiger partial charge < -0.3 is 15.2 Å². The molecule has 0 spiro atoms. The molecule has 4 heteroatoms. The van der Waals surface area contributed by atoms with Crippen molar-refractivity contribution in [3.05, 3.63) is 18.0 Å². The number of nitrogen functional groups attached to an aromatic ring is 1. The molecule has 0 aliphatic heterocycles. The zero-order valence-corrected chi connectivity index (χ0v) is 12.2. The Morgan fingerprint density at radius 3 is 2.63 bits per heavy atom. The number of aromatic nitrogens is 1. The first-order valence-corrected chi connectivity index (χ1v) is 7.33. The number of amides is 1. The average molecular weight is 263 g/mol. The fourth-order valence-corrected chi connectivity index (χ4v) is 3.03. The minimum Gasteiger partial charge on any atom is -0.397 e. The molecule has 1 fully saturated rings. The molecule has 2 N–H and O–H groups in total. The molecule has 1 aliphatic carbocycles. The van der Waals surface area contributed by atoms with E-state index >= 15 is 0 Å². The van der Waals surface area contributed by atoms with Gasteiger partial charge in [-0.25, -0.2) is 0 Å². The highest BCUT2D eigenvalue weighted by Gasteiger charge is 2.28. The minimum atomic E-state index is 0.125. The SMILES string of the molecule is CCN(C(=O)c1cc(N)cn1C(C)C)C1CCCC1. The van der Waals surface area contributed by atoms with Gasteiger partial charge >= 0.3 is 0 Å². The van der Waals surface area contributed by atoms with Gasteiger partial charge in [0.05, 0.1) is 5.69 Å². The first kappa shape index (κ1) is 14.0. The molecule has 106 valence electrons. The molecule has 0 unspecified atom stereocenters. The van der Waals surface area contributed by atoms with Crippen LogP contribution in [0.2, 0.25) is 0 Å². The zero-order valence-electron chi connectivity index (χ0n) is 12.2. The fourth-order valence-electron chi connectivity index (χ4n) is 3.03. The molecular weight excluding hydrogens is 238 g/mol. The van der Waals surface area contributed by atoms with E-state index in [9.17, 15) is 4.79 Å². The van der Waals surface area contributed by atoms with Gasteiger partial charge in [-0.1, -0.05) is 12.8 Å². The van der Waals surface area contributed by atoms with Gasteiger partial charge in [-0.3, -0.25) is 4.79 Å². The van der Waals surface area contributed by atoms with Gasteiger partial charge in [0.1, 0.15) is 5.69 Å². The number of anilines is 1. The van der Waals surface area contributed by atoms with Crippen molar-refractivity contribution in [1.82, 2.24) is 9.47 Å². The smallest absolute Gasteiger partial charge is 0.270 e. The maximum Gasteiger partial charge on any atom is 0.270 e. The second-order valence-electron chi connectivity index (χ2n) is 5.69. The van der Waals surface area contributed by atoms with Crippen molar-refractivity contribution in [3.8, 4) is 0 Å². The zero-order chi connectivity index (χ0) is 14.0. The molecule has 1 saturated carbocycles. The van der Waals surface area contributed by atoms with Gasteiger partial charge in [-0.15, -0.1) is 0 Å². The number of rotatable bonds is 4. The van der Waals surface area contributed by atoms with E-state index in [2.05, 4.69) is 20.8 Å². The molecule has 1 aromatic rings. The van der Waals surface area contributed by atoms with Crippen LogP contribution in [-0.2, 0) is 0 Å². The van der Waals surface area contributed by atoms with Crippen LogP contribution in [0.15, 0.2) is 12.3 Å². The van der Waals surface area contributed by atoms with Crippen LogP contribution in [0, 0.1) is 0 Å². The number of hydrogen-bond donors (Lipinski definition) is 1. The van der Waals surface area contributed by atoms with Gasteiger partial charge in [-0.2, -0.15) is 0 Å². The van der Waals surface area contributed by atoms with Crippen LogP contribution in [-0.4, -0.2) is 28.0 Å². The number of nitrogens with zero attached hydrogens (tertiary/aromatic N) is 2. The monoisotopic (exact) mass is 263 g/mol. The van der Waals surface area contributed by atoms with E-state index < -0.39 is 0 Å². The molecule has 2 rings (SSSR count). The molecule has 1 amide bonds. The van der Waals surface area contributed by atoms with Gasteiger partial charge in [0.2, 0.25) is 0 Å². The Balaban J connectivity index is 2.26. The standard InChI is InChI=1S/C15H25N3O/c1-4-17(13-7-5-6-8-13)15(19)14-9-12(16)10-18(14)11(2)3/h9-11,13H,4-8,16H2,1-3H3. The van der Waals surface area contributed by atoms with Crippen LogP contribution in [0.1, 0.15) is 63.0 Å². The Morgan fingerprint density at radius 1 is 1.47 bits per heavy atom. The highest BCUT2D eigenvalue weighted by atomic mass is 16.2. The van der Waals surface area contributed by atoms with E-state index in [1.807, 2.05) is 15.7 Å². The van der Waals surface area contributed by atoms with Crippen molar-refractivity contribution < 1.29 is 4.79 Å². The maximum absolute atomic E-state index is 12.8. The van der Waals surface area contributed by atoms with Crippen molar-refractivity contribution in [2.45, 2.75) is 58.5 Å². The summed E-state index contributed by atoms with van der Waals surface area (Å²) in [6.45, 7) is 6.97. The molecule has 0 aromatic carbocycles. The molecular formula is C15H25N3O. The van der Waals surface area contributed by atoms with Crippen molar-refractivity contribution in [2.24, 2.45) is 0 Å². The van der Waals surface area contributed by atoms with Gasteiger partial charge in [-0.05, 0) is 39.7 Å². The lowest BCUT2D eigenvalue weighted by molar-refractivity contribution is 0.0681. The van der Waals surface area contributed by atoms with E-state index in [0.29, 0.717) is 11.7 Å². The van der Waals surface area contributed by atoms with Crippen LogP contribution in [0.5, 0.6) is 0 Å². The highest BCUT2D eigenvalue weighted by molar-refractivity contribution is 5.94. The van der Waals surface area contributed by atoms with E-state index in [4.69, 9.17) is 5.73 Å². The first-order valence-electron chi connectivity index (χ1n) is 7.33. The molecule has 0 bridgehead atoms. The molecule has 0 atom stereocenters. The lowest BCUT2D eigenvalue weighted by Gasteiger charge is -2.28. The topological polar surface area (TPSA) is 51.3 Å². The first-order chi connectivity index (χ1) is 9.04. The largest absolute Gasteiger partial charge is 0.397 e. The molecule has 4 nitrogen and oxygen atoms in total. The van der Waals surface area contributed by atoms with Crippen molar-refractivity contribution >= 4 is 11.6 Å². The minimum absolute atomic E-state index is 0.125. The third kappa shape index (κ3) is 2.77. The second-order valence-corrected chi connectivity index (χ2v) is 5.69. The van der Waals surface area contributed by atoms with Crippen molar-refractivity contribution in [1.29, 1.82) is 0 Å². The van der Waals surface area contributed by atoms with Crippen LogP contribution in [0.4, 0.5) is 5.69 Å². The van der Waals surface area contributed by atoms with Crippen LogP contribution in [0.3, 0.4) is 0 Å². The van der Waals surface area contributed by atoms with Crippen molar-refractivity contribution in [3.63, 3.8) is 0 Å². The Hall–Kier alpha value is -1.45. The van der Waals surface area contributed by atoms with Crippen LogP contribution < -0.4 is 5.73 Å². The lowest BCUT2D eigenvalue weighted by Crippen LogP contribution is -2.39. The summed E-state index contributed by atoms with van der Waals surface area (Å²) < 4.78 is 1.98. The average Bonchev–Trinajstić information content (AvgIpc) is 2.99. The molecule has 1 heterocycles. The molecule has 0 saturated heterocycles. The predicted molar refractivity (Wildman–Crippen MR) is 78.2 cm³/mol. The van der Waals surface area contributed by atoms with Crippen molar-refractivity contribution in [2.75, 3.05) is 12.3 Å². The van der Waals surface area contributed by atoms with E-state index in [-0.39, 0.29) is 11.9 Å². The number of nitrogens with two attached hydrogens (primary N) is 1. The third-order valence-corrected chi connectivity index (χ3v) is 4.01. The van der Waals surface area contributed by atoms with E-state index in [0.717, 1.165) is 25.1 Å². The molecule has 19 heavy (non-hydrogen) atoms. The lowest BCUT2D eigenvalue weighted by atomic mass is 10.2. The van der Waals surface area contributed by atoms with Crippen LogP contribution >= 0.6 is 0 Å². The summed E-state index contributed by atoms with van der Waals surface area (Å²) in [6, 6.07) is 2.47. The second kappa shape index (κ2) is 5.68. The Kier molecular flexibility index (Phi) is 4.17. The predicted octanol–water partition coefficient (Wildman–Crippen LogP) is 3.06. The Morgan fingerprint density at radius 2 is 2.11 bits per heavy atom. The van der Waals surface area contributed by atoms with Crippen LogP contribution in [0.25, 0.3) is 0 Å². The summed E-state index contributed by atoms with van der Waals surface area (Å²) >= 11 is 0. The Labute approximate surface area is 115 Å². The van der Waals surface area contributed by atoms with Gasteiger partial charge in [0.25, 0.3) is 5.91 Å². The summed E-state index contributed by atoms with van der Waals surface area (Å²) in [6.07, 6.45) is 6.61. The number of hydrogen-bond acceptors (Lipinski definition) is 2. The third-order valence-electron chi connectivity index (χ3n) is 4.01. The number of carbonyl (C=O) groups is 1. The summed E-state index contributed by atoms with van der Waals surface area (Å²) in [4.78, 5) is 14.8. The Bertz CT molecular complexity index is 444. The van der Waals surface area contributed by atoms with E-state index in [1.54, 1.807) is 6.07 Å². The van der Waals surface area contributed by atoms with Gasteiger partial charge in [0, 0.05) is 24.8 Å². The quantitative estimate of drug-likeness (QED) is 0.907. The van der Waals surface area contributed by atoms with E-state index in [1.165, 1.54) is 12.8 Å². The summed E-state index contributed by atoms with van der Waals surface area (Å²) in [7, 11) is 0. The normalized spacial score (nSPS) is 16.2. The highest BCUT2D eigenvalue weighted by Crippen LogP contribution is 2.26. The number of carbonyl (C=O) groups excluding carboxylic acids is 1. The maximum atomic E-state index is 12.8. The summed E-state index contributed by atoms with van der Waals surface area (Å²) in [5.74, 6) is 0.125.